The van der Waals surface area contributed by atoms with Crippen LogP contribution >= 0.6 is 0 Å². The zero-order valence-electron chi connectivity index (χ0n) is 14.1. The van der Waals surface area contributed by atoms with Crippen LogP contribution in [0.4, 0.5) is 11.4 Å². The molecular formula is C19H34N2. The Hall–Kier alpha value is -1.18. The van der Waals surface area contributed by atoms with Crippen LogP contribution in [0.15, 0.2) is 18.2 Å². The van der Waals surface area contributed by atoms with E-state index in [2.05, 4.69) is 31.3 Å². The molecule has 0 aliphatic heterocycles. The molecule has 0 aliphatic rings. The number of nitrogens with two attached hydrogens (primary N) is 1. The van der Waals surface area contributed by atoms with Crippen molar-refractivity contribution >= 4 is 11.4 Å². The summed E-state index contributed by atoms with van der Waals surface area (Å²) >= 11 is 0. The van der Waals surface area contributed by atoms with E-state index in [1.54, 1.807) is 0 Å². The monoisotopic (exact) mass is 290 g/mol. The van der Waals surface area contributed by atoms with E-state index in [0.29, 0.717) is 0 Å². The van der Waals surface area contributed by atoms with Crippen molar-refractivity contribution in [3.05, 3.63) is 23.8 Å². The third-order valence-corrected chi connectivity index (χ3v) is 4.13. The minimum absolute atomic E-state index is 0.875. The highest BCUT2D eigenvalue weighted by Crippen LogP contribution is 2.16. The van der Waals surface area contributed by atoms with Crippen molar-refractivity contribution in [2.75, 3.05) is 17.6 Å². The van der Waals surface area contributed by atoms with Crippen molar-refractivity contribution in [1.82, 2.24) is 0 Å². The zero-order chi connectivity index (χ0) is 15.3. The van der Waals surface area contributed by atoms with E-state index in [0.717, 1.165) is 17.8 Å². The number of hydrogen-bond acceptors (Lipinski definition) is 2. The molecule has 0 amide bonds. The second-order valence-corrected chi connectivity index (χ2v) is 6.18. The molecule has 0 saturated heterocycles. The molecule has 0 radical (unpaired) electrons. The van der Waals surface area contributed by atoms with E-state index in [1.807, 2.05) is 6.07 Å². The second-order valence-electron chi connectivity index (χ2n) is 6.18. The van der Waals surface area contributed by atoms with E-state index < -0.39 is 0 Å². The average molecular weight is 290 g/mol. The molecule has 2 heteroatoms. The minimum Gasteiger partial charge on any atom is -0.399 e. The maximum absolute atomic E-state index is 5.82. The summed E-state index contributed by atoms with van der Waals surface area (Å²) in [5.74, 6) is 0. The minimum atomic E-state index is 0.875. The number of hydrogen-bond donors (Lipinski definition) is 2. The number of nitrogen functional groups attached to an aromatic ring is 1. The van der Waals surface area contributed by atoms with Crippen molar-refractivity contribution in [3.63, 3.8) is 0 Å². The molecule has 0 spiro atoms. The maximum Gasteiger partial charge on any atom is 0.0345 e. The van der Waals surface area contributed by atoms with Crippen LogP contribution in [0.3, 0.4) is 0 Å². The predicted molar refractivity (Wildman–Crippen MR) is 95.9 cm³/mol. The second kappa shape index (κ2) is 11.5. The molecule has 0 aliphatic carbocycles. The molecule has 21 heavy (non-hydrogen) atoms. The molecule has 0 aromatic heterocycles. The lowest BCUT2D eigenvalue weighted by Gasteiger charge is -2.08. The van der Waals surface area contributed by atoms with Gasteiger partial charge >= 0.3 is 0 Å². The summed E-state index contributed by atoms with van der Waals surface area (Å²) in [6, 6.07) is 6.18. The van der Waals surface area contributed by atoms with Crippen LogP contribution < -0.4 is 11.1 Å². The van der Waals surface area contributed by atoms with E-state index in [4.69, 9.17) is 5.73 Å². The van der Waals surface area contributed by atoms with Gasteiger partial charge < -0.3 is 11.1 Å². The molecule has 0 fully saturated rings. The Morgan fingerprint density at radius 3 is 2.00 bits per heavy atom. The molecule has 120 valence electrons. The average Bonchev–Trinajstić information content (AvgIpc) is 2.48. The van der Waals surface area contributed by atoms with Crippen LogP contribution in [0.2, 0.25) is 0 Å². The predicted octanol–water partition coefficient (Wildman–Crippen LogP) is 5.91. The van der Waals surface area contributed by atoms with Crippen molar-refractivity contribution in [2.24, 2.45) is 0 Å². The smallest absolute Gasteiger partial charge is 0.0345 e. The van der Waals surface area contributed by atoms with Gasteiger partial charge in [-0.2, -0.15) is 0 Å². The van der Waals surface area contributed by atoms with Gasteiger partial charge in [0.15, 0.2) is 0 Å². The van der Waals surface area contributed by atoms with Gasteiger partial charge in [0.2, 0.25) is 0 Å². The largest absolute Gasteiger partial charge is 0.399 e. The summed E-state index contributed by atoms with van der Waals surface area (Å²) < 4.78 is 0. The summed E-state index contributed by atoms with van der Waals surface area (Å²) in [6.07, 6.45) is 13.9. The van der Waals surface area contributed by atoms with Crippen LogP contribution in [-0.4, -0.2) is 6.54 Å². The fraction of sp³-hybridized carbons (Fsp3) is 0.684. The molecular weight excluding hydrogens is 256 g/mol. The molecule has 0 atom stereocenters. The van der Waals surface area contributed by atoms with Crippen LogP contribution in [0.1, 0.15) is 76.7 Å². The molecule has 0 saturated carbocycles. The summed E-state index contributed by atoms with van der Waals surface area (Å²) in [7, 11) is 0. The Bertz CT molecular complexity index is 374. The summed E-state index contributed by atoms with van der Waals surface area (Å²) in [5.41, 5.74) is 9.04. The first kappa shape index (κ1) is 17.9. The standard InChI is InChI=1S/C19H34N2/c1-3-4-5-6-7-8-9-10-11-12-15-21-18-13-14-19(20)17(2)16-18/h13-14,16,21H,3-12,15,20H2,1-2H3. The molecule has 0 heterocycles. The van der Waals surface area contributed by atoms with Gasteiger partial charge in [-0.05, 0) is 37.1 Å². The Morgan fingerprint density at radius 2 is 1.43 bits per heavy atom. The SMILES string of the molecule is CCCCCCCCCCCCNc1ccc(N)c(C)c1. The van der Waals surface area contributed by atoms with Gasteiger partial charge in [0.25, 0.3) is 0 Å². The first-order valence-electron chi connectivity index (χ1n) is 8.84. The van der Waals surface area contributed by atoms with Gasteiger partial charge in [-0.3, -0.25) is 0 Å². The molecule has 1 rings (SSSR count). The molecule has 1 aromatic rings. The van der Waals surface area contributed by atoms with E-state index in [9.17, 15) is 0 Å². The van der Waals surface area contributed by atoms with Gasteiger partial charge in [0.1, 0.15) is 0 Å². The fourth-order valence-corrected chi connectivity index (χ4v) is 2.63. The Labute approximate surface area is 131 Å². The molecule has 2 nitrogen and oxygen atoms in total. The van der Waals surface area contributed by atoms with Crippen molar-refractivity contribution in [2.45, 2.75) is 78.1 Å². The normalized spacial score (nSPS) is 10.8. The summed E-state index contributed by atoms with van der Waals surface area (Å²) in [6.45, 7) is 5.40. The number of rotatable bonds is 12. The Balaban J connectivity index is 1.91. The lowest BCUT2D eigenvalue weighted by molar-refractivity contribution is 0.560. The Kier molecular flexibility index (Phi) is 9.77. The molecule has 3 N–H and O–H groups in total. The van der Waals surface area contributed by atoms with Crippen LogP contribution in [0, 0.1) is 6.92 Å². The number of benzene rings is 1. The first-order valence-corrected chi connectivity index (χ1v) is 8.84. The van der Waals surface area contributed by atoms with Gasteiger partial charge in [-0.25, -0.2) is 0 Å². The van der Waals surface area contributed by atoms with E-state index in [-0.39, 0.29) is 0 Å². The van der Waals surface area contributed by atoms with E-state index in [1.165, 1.54) is 69.9 Å². The van der Waals surface area contributed by atoms with Gasteiger partial charge in [-0.15, -0.1) is 0 Å². The first-order chi connectivity index (χ1) is 10.2. The number of unbranched alkanes of at least 4 members (excludes halogenated alkanes) is 9. The van der Waals surface area contributed by atoms with Crippen molar-refractivity contribution < 1.29 is 0 Å². The van der Waals surface area contributed by atoms with Crippen LogP contribution in [-0.2, 0) is 0 Å². The lowest BCUT2D eigenvalue weighted by Crippen LogP contribution is -2.02. The van der Waals surface area contributed by atoms with Crippen LogP contribution in [0.25, 0.3) is 0 Å². The van der Waals surface area contributed by atoms with Crippen molar-refractivity contribution in [3.8, 4) is 0 Å². The highest BCUT2D eigenvalue weighted by atomic mass is 14.9. The number of nitrogens with one attached hydrogen (secondary N) is 1. The molecule has 1 aromatic carbocycles. The number of anilines is 2. The lowest BCUT2D eigenvalue weighted by atomic mass is 10.1. The summed E-state index contributed by atoms with van der Waals surface area (Å²) in [5, 5.41) is 3.48. The molecule has 0 bridgehead atoms. The number of aryl methyl sites for hydroxylation is 1. The Morgan fingerprint density at radius 1 is 0.857 bits per heavy atom. The van der Waals surface area contributed by atoms with E-state index >= 15 is 0 Å². The van der Waals surface area contributed by atoms with Gasteiger partial charge in [-0.1, -0.05) is 64.7 Å². The molecule has 0 unspecified atom stereocenters. The van der Waals surface area contributed by atoms with Crippen LogP contribution in [0.5, 0.6) is 0 Å². The highest BCUT2D eigenvalue weighted by molar-refractivity contribution is 5.56. The third-order valence-electron chi connectivity index (χ3n) is 4.13. The highest BCUT2D eigenvalue weighted by Gasteiger charge is 1.96. The fourth-order valence-electron chi connectivity index (χ4n) is 2.63. The quantitative estimate of drug-likeness (QED) is 0.371. The zero-order valence-corrected chi connectivity index (χ0v) is 14.1. The maximum atomic E-state index is 5.82. The third kappa shape index (κ3) is 8.64. The topological polar surface area (TPSA) is 38.0 Å². The van der Waals surface area contributed by atoms with Crippen molar-refractivity contribution in [1.29, 1.82) is 0 Å². The van der Waals surface area contributed by atoms with Gasteiger partial charge in [0.05, 0.1) is 0 Å². The summed E-state index contributed by atoms with van der Waals surface area (Å²) in [4.78, 5) is 0. The van der Waals surface area contributed by atoms with Gasteiger partial charge in [0, 0.05) is 17.9 Å².